The molecule has 2 aromatic heterocycles. The van der Waals surface area contributed by atoms with Crippen molar-refractivity contribution in [2.45, 2.75) is 13.0 Å². The van der Waals surface area contributed by atoms with Crippen molar-refractivity contribution in [3.8, 4) is 0 Å². The third-order valence-electron chi connectivity index (χ3n) is 2.58. The highest BCUT2D eigenvalue weighted by molar-refractivity contribution is 9.10. The van der Waals surface area contributed by atoms with Gasteiger partial charge in [0, 0.05) is 13.2 Å². The van der Waals surface area contributed by atoms with Crippen LogP contribution in [0, 0.1) is 0 Å². The number of pyridine rings is 1. The van der Waals surface area contributed by atoms with Gasteiger partial charge in [-0.3, -0.25) is 9.78 Å². The fourth-order valence-electron chi connectivity index (χ4n) is 1.55. The van der Waals surface area contributed by atoms with Gasteiger partial charge in [-0.2, -0.15) is 5.10 Å². The van der Waals surface area contributed by atoms with Crippen LogP contribution in [-0.2, 0) is 7.05 Å². The Bertz CT molecular complexity index is 597. The third kappa shape index (κ3) is 2.59. The summed E-state index contributed by atoms with van der Waals surface area (Å²) in [6.07, 6.45) is 3.36. The SMILES string of the molecule is CC(Nc1cnn(C)c(=O)c1Br)c1ccccn1. The van der Waals surface area contributed by atoms with E-state index in [2.05, 4.69) is 31.3 Å². The van der Waals surface area contributed by atoms with Crippen LogP contribution >= 0.6 is 15.9 Å². The zero-order valence-electron chi connectivity index (χ0n) is 10.1. The molecule has 0 fully saturated rings. The molecule has 0 bridgehead atoms. The van der Waals surface area contributed by atoms with Gasteiger partial charge < -0.3 is 5.32 Å². The molecule has 1 N–H and O–H groups in total. The number of hydrogen-bond donors (Lipinski definition) is 1. The van der Waals surface area contributed by atoms with Crippen molar-refractivity contribution >= 4 is 21.6 Å². The quantitative estimate of drug-likeness (QED) is 0.943. The van der Waals surface area contributed by atoms with Gasteiger partial charge in [0.05, 0.1) is 23.6 Å². The smallest absolute Gasteiger partial charge is 0.282 e. The lowest BCUT2D eigenvalue weighted by Crippen LogP contribution is -2.22. The van der Waals surface area contributed by atoms with Crippen molar-refractivity contribution in [1.29, 1.82) is 0 Å². The lowest BCUT2D eigenvalue weighted by molar-refractivity contribution is 0.700. The van der Waals surface area contributed by atoms with Crippen molar-refractivity contribution in [3.63, 3.8) is 0 Å². The molecule has 0 saturated heterocycles. The first-order valence-corrected chi connectivity index (χ1v) is 6.28. The van der Waals surface area contributed by atoms with Crippen LogP contribution in [0.5, 0.6) is 0 Å². The van der Waals surface area contributed by atoms with E-state index in [1.165, 1.54) is 4.68 Å². The maximum absolute atomic E-state index is 11.7. The van der Waals surface area contributed by atoms with Crippen LogP contribution < -0.4 is 10.9 Å². The molecule has 0 saturated carbocycles. The molecule has 0 radical (unpaired) electrons. The van der Waals surface area contributed by atoms with E-state index in [9.17, 15) is 4.79 Å². The lowest BCUT2D eigenvalue weighted by atomic mass is 10.2. The first-order valence-electron chi connectivity index (χ1n) is 5.49. The number of nitrogens with one attached hydrogen (secondary N) is 1. The summed E-state index contributed by atoms with van der Waals surface area (Å²) < 4.78 is 1.75. The van der Waals surface area contributed by atoms with Crippen molar-refractivity contribution < 1.29 is 0 Å². The Balaban J connectivity index is 2.25. The zero-order valence-corrected chi connectivity index (χ0v) is 11.7. The van der Waals surface area contributed by atoms with E-state index in [1.54, 1.807) is 19.4 Å². The first-order chi connectivity index (χ1) is 8.59. The number of halogens is 1. The largest absolute Gasteiger partial charge is 0.375 e. The maximum atomic E-state index is 11.7. The summed E-state index contributed by atoms with van der Waals surface area (Å²) in [4.78, 5) is 16.0. The number of aromatic nitrogens is 3. The van der Waals surface area contributed by atoms with Gasteiger partial charge in [0.15, 0.2) is 0 Å². The van der Waals surface area contributed by atoms with Crippen LogP contribution in [0.3, 0.4) is 0 Å². The fourth-order valence-corrected chi connectivity index (χ4v) is 2.02. The van der Waals surface area contributed by atoms with E-state index >= 15 is 0 Å². The fraction of sp³-hybridized carbons (Fsp3) is 0.250. The molecule has 0 aliphatic carbocycles. The molecule has 2 aromatic rings. The van der Waals surface area contributed by atoms with E-state index in [0.717, 1.165) is 5.69 Å². The predicted octanol–water partition coefficient (Wildman–Crippen LogP) is 2.11. The molecule has 0 spiro atoms. The van der Waals surface area contributed by atoms with E-state index in [0.29, 0.717) is 10.2 Å². The highest BCUT2D eigenvalue weighted by atomic mass is 79.9. The summed E-state index contributed by atoms with van der Waals surface area (Å²) in [5.41, 5.74) is 1.40. The Labute approximate surface area is 113 Å². The normalized spacial score (nSPS) is 12.2. The van der Waals surface area contributed by atoms with Gasteiger partial charge in [0.2, 0.25) is 0 Å². The highest BCUT2D eigenvalue weighted by Crippen LogP contribution is 2.21. The van der Waals surface area contributed by atoms with Crippen LogP contribution in [-0.4, -0.2) is 14.8 Å². The third-order valence-corrected chi connectivity index (χ3v) is 3.35. The molecule has 0 aliphatic heterocycles. The Kier molecular flexibility index (Phi) is 3.76. The van der Waals surface area contributed by atoms with Gasteiger partial charge in [-0.1, -0.05) is 6.07 Å². The molecule has 2 rings (SSSR count). The second-order valence-corrected chi connectivity index (χ2v) is 4.71. The van der Waals surface area contributed by atoms with E-state index in [1.807, 2.05) is 25.1 Å². The minimum absolute atomic E-state index is 0.00333. The van der Waals surface area contributed by atoms with Crippen molar-refractivity contribution in [2.24, 2.45) is 7.05 Å². The standard InChI is InChI=1S/C12H13BrN4O/c1-8(9-5-3-4-6-14-9)16-10-7-15-17(2)12(18)11(10)13/h3-8,16H,1-2H3. The van der Waals surface area contributed by atoms with Crippen LogP contribution in [0.2, 0.25) is 0 Å². The second-order valence-electron chi connectivity index (χ2n) is 3.92. The number of aryl methyl sites for hydroxylation is 1. The van der Waals surface area contributed by atoms with Gasteiger partial charge in [-0.25, -0.2) is 4.68 Å². The molecule has 2 heterocycles. The average Bonchev–Trinajstić information content (AvgIpc) is 2.40. The van der Waals surface area contributed by atoms with Gasteiger partial charge in [-0.15, -0.1) is 0 Å². The summed E-state index contributed by atoms with van der Waals surface area (Å²) in [7, 11) is 1.61. The van der Waals surface area contributed by atoms with Crippen molar-refractivity contribution in [1.82, 2.24) is 14.8 Å². The number of rotatable bonds is 3. The monoisotopic (exact) mass is 308 g/mol. The molecular formula is C12H13BrN4O. The molecule has 0 aliphatic rings. The molecule has 1 unspecified atom stereocenters. The Hall–Kier alpha value is -1.69. The summed E-state index contributed by atoms with van der Waals surface area (Å²) in [5, 5.41) is 7.19. The summed E-state index contributed by atoms with van der Waals surface area (Å²) in [5.74, 6) is 0. The number of anilines is 1. The molecular weight excluding hydrogens is 296 g/mol. The predicted molar refractivity (Wildman–Crippen MR) is 73.5 cm³/mol. The first kappa shape index (κ1) is 12.8. The number of hydrogen-bond acceptors (Lipinski definition) is 4. The Morgan fingerprint density at radius 1 is 1.44 bits per heavy atom. The molecule has 5 nitrogen and oxygen atoms in total. The Morgan fingerprint density at radius 3 is 2.89 bits per heavy atom. The van der Waals surface area contributed by atoms with Crippen LogP contribution in [0.15, 0.2) is 39.9 Å². The molecule has 18 heavy (non-hydrogen) atoms. The summed E-state index contributed by atoms with van der Waals surface area (Å²) >= 11 is 3.28. The molecule has 0 amide bonds. The van der Waals surface area contributed by atoms with Crippen molar-refractivity contribution in [3.05, 3.63) is 51.1 Å². The summed E-state index contributed by atoms with van der Waals surface area (Å²) in [6, 6.07) is 5.72. The molecule has 0 aromatic carbocycles. The lowest BCUT2D eigenvalue weighted by Gasteiger charge is -2.15. The second kappa shape index (κ2) is 5.30. The maximum Gasteiger partial charge on any atom is 0.282 e. The van der Waals surface area contributed by atoms with Crippen LogP contribution in [0.1, 0.15) is 18.7 Å². The van der Waals surface area contributed by atoms with Crippen LogP contribution in [0.4, 0.5) is 5.69 Å². The van der Waals surface area contributed by atoms with E-state index in [4.69, 9.17) is 0 Å². The summed E-state index contributed by atoms with van der Waals surface area (Å²) in [6.45, 7) is 1.98. The molecule has 94 valence electrons. The molecule has 1 atom stereocenters. The van der Waals surface area contributed by atoms with Crippen molar-refractivity contribution in [2.75, 3.05) is 5.32 Å². The van der Waals surface area contributed by atoms with Gasteiger partial charge in [0.1, 0.15) is 4.47 Å². The molecule has 6 heteroatoms. The Morgan fingerprint density at radius 2 is 2.22 bits per heavy atom. The highest BCUT2D eigenvalue weighted by Gasteiger charge is 2.11. The van der Waals surface area contributed by atoms with E-state index in [-0.39, 0.29) is 11.6 Å². The van der Waals surface area contributed by atoms with E-state index < -0.39 is 0 Å². The minimum atomic E-state index is -0.173. The van der Waals surface area contributed by atoms with Crippen LogP contribution in [0.25, 0.3) is 0 Å². The van der Waals surface area contributed by atoms with Gasteiger partial charge >= 0.3 is 0 Å². The zero-order chi connectivity index (χ0) is 13.1. The number of nitrogens with zero attached hydrogens (tertiary/aromatic N) is 3. The minimum Gasteiger partial charge on any atom is -0.375 e. The van der Waals surface area contributed by atoms with Gasteiger partial charge in [-0.05, 0) is 35.0 Å². The van der Waals surface area contributed by atoms with Gasteiger partial charge in [0.25, 0.3) is 5.56 Å². The topological polar surface area (TPSA) is 59.8 Å². The average molecular weight is 309 g/mol.